The molecule has 1 saturated carbocycles. The highest BCUT2D eigenvalue weighted by Gasteiger charge is 2.25. The van der Waals surface area contributed by atoms with Crippen LogP contribution in [0.25, 0.3) is 0 Å². The number of hydrogen-bond acceptors (Lipinski definition) is 2. The van der Waals surface area contributed by atoms with Gasteiger partial charge in [0.25, 0.3) is 0 Å². The Hall–Kier alpha value is -0.540. The summed E-state index contributed by atoms with van der Waals surface area (Å²) in [6, 6.07) is 7.18. The minimum atomic E-state index is 0.623. The Morgan fingerprint density at radius 2 is 2.19 bits per heavy atom. The average Bonchev–Trinajstić information content (AvgIpc) is 3.09. The third kappa shape index (κ3) is 2.25. The number of rotatable bonds is 3. The smallest absolute Gasteiger partial charge is 0.123 e. The lowest BCUT2D eigenvalue weighted by atomic mass is 9.93. The Morgan fingerprint density at radius 1 is 1.31 bits per heavy atom. The zero-order valence-electron chi connectivity index (χ0n) is 9.21. The topological polar surface area (TPSA) is 21.3 Å². The molecule has 2 nitrogen and oxygen atoms in total. The van der Waals surface area contributed by atoms with Gasteiger partial charge in [-0.1, -0.05) is 22.0 Å². The number of hydrogen-bond donors (Lipinski definition) is 1. The Kier molecular flexibility index (Phi) is 2.90. The molecule has 0 spiro atoms. The van der Waals surface area contributed by atoms with Gasteiger partial charge in [0, 0.05) is 23.0 Å². The molecule has 1 fully saturated rings. The Labute approximate surface area is 105 Å². The molecule has 0 amide bonds. The van der Waals surface area contributed by atoms with Gasteiger partial charge in [-0.3, -0.25) is 0 Å². The van der Waals surface area contributed by atoms with Crippen LogP contribution in [0.4, 0.5) is 0 Å². The van der Waals surface area contributed by atoms with Crippen molar-refractivity contribution in [3.05, 3.63) is 28.2 Å². The van der Waals surface area contributed by atoms with Gasteiger partial charge in [-0.15, -0.1) is 0 Å². The molecule has 2 aliphatic rings. The van der Waals surface area contributed by atoms with Gasteiger partial charge in [0.05, 0.1) is 6.61 Å². The van der Waals surface area contributed by atoms with Crippen molar-refractivity contribution in [2.24, 2.45) is 0 Å². The molecule has 3 heteroatoms. The van der Waals surface area contributed by atoms with Crippen LogP contribution in [0.1, 0.15) is 30.7 Å². The lowest BCUT2D eigenvalue weighted by Gasteiger charge is -2.26. The summed E-state index contributed by atoms with van der Waals surface area (Å²) in [5.74, 6) is 1.68. The van der Waals surface area contributed by atoms with E-state index >= 15 is 0 Å². The van der Waals surface area contributed by atoms with E-state index in [-0.39, 0.29) is 0 Å². The quantitative estimate of drug-likeness (QED) is 0.920. The zero-order chi connectivity index (χ0) is 11.0. The van der Waals surface area contributed by atoms with E-state index in [4.69, 9.17) is 4.74 Å². The van der Waals surface area contributed by atoms with E-state index in [2.05, 4.69) is 39.4 Å². The molecule has 0 bridgehead atoms. The van der Waals surface area contributed by atoms with E-state index in [1.165, 1.54) is 18.4 Å². The summed E-state index contributed by atoms with van der Waals surface area (Å²) in [5.41, 5.74) is 1.36. The van der Waals surface area contributed by atoms with Crippen molar-refractivity contribution < 1.29 is 4.74 Å². The third-order valence-corrected chi connectivity index (χ3v) is 3.86. The molecule has 1 aliphatic carbocycles. The normalized spacial score (nSPS) is 23.7. The lowest BCUT2D eigenvalue weighted by Crippen LogP contribution is -2.27. The van der Waals surface area contributed by atoms with Gasteiger partial charge in [0.2, 0.25) is 0 Å². The maximum atomic E-state index is 5.70. The predicted molar refractivity (Wildman–Crippen MR) is 68.0 cm³/mol. The standard InChI is InChI=1S/C13H16BrNO/c14-10-1-4-12-9(8-15-11-2-3-11)5-6-16-13(12)7-10/h1,4,7,9,11,15H,2-3,5-6,8H2. The van der Waals surface area contributed by atoms with Crippen LogP contribution in [0.3, 0.4) is 0 Å². The molecule has 1 aromatic carbocycles. The largest absolute Gasteiger partial charge is 0.493 e. The molecule has 1 aromatic rings. The lowest BCUT2D eigenvalue weighted by molar-refractivity contribution is 0.264. The van der Waals surface area contributed by atoms with Gasteiger partial charge in [0.15, 0.2) is 0 Å². The monoisotopic (exact) mass is 281 g/mol. The Bertz CT molecular complexity index is 390. The minimum Gasteiger partial charge on any atom is -0.493 e. The van der Waals surface area contributed by atoms with Crippen LogP contribution in [-0.4, -0.2) is 19.2 Å². The zero-order valence-corrected chi connectivity index (χ0v) is 10.8. The summed E-state index contributed by atoms with van der Waals surface area (Å²) in [6.07, 6.45) is 3.85. The Balaban J connectivity index is 1.76. The van der Waals surface area contributed by atoms with Crippen molar-refractivity contribution in [1.29, 1.82) is 0 Å². The van der Waals surface area contributed by atoms with Crippen molar-refractivity contribution in [2.45, 2.75) is 31.2 Å². The van der Waals surface area contributed by atoms with Crippen molar-refractivity contribution in [3.8, 4) is 5.75 Å². The molecule has 1 atom stereocenters. The predicted octanol–water partition coefficient (Wildman–Crippen LogP) is 3.07. The first-order chi connectivity index (χ1) is 7.83. The summed E-state index contributed by atoms with van der Waals surface area (Å²) in [5, 5.41) is 3.61. The second kappa shape index (κ2) is 4.38. The number of fused-ring (bicyclic) bond motifs is 1. The molecule has 86 valence electrons. The average molecular weight is 282 g/mol. The van der Waals surface area contributed by atoms with Gasteiger partial charge < -0.3 is 10.1 Å². The first-order valence-corrected chi connectivity index (χ1v) is 6.78. The molecule has 0 radical (unpaired) electrons. The van der Waals surface area contributed by atoms with Crippen molar-refractivity contribution >= 4 is 15.9 Å². The maximum Gasteiger partial charge on any atom is 0.123 e. The van der Waals surface area contributed by atoms with Crippen molar-refractivity contribution in [2.75, 3.05) is 13.2 Å². The fourth-order valence-corrected chi connectivity index (χ4v) is 2.59. The molecule has 16 heavy (non-hydrogen) atoms. The molecule has 0 aromatic heterocycles. The number of halogens is 1. The second-order valence-electron chi connectivity index (χ2n) is 4.70. The van der Waals surface area contributed by atoms with E-state index in [9.17, 15) is 0 Å². The molecule has 1 N–H and O–H groups in total. The van der Waals surface area contributed by atoms with Crippen LogP contribution in [-0.2, 0) is 0 Å². The van der Waals surface area contributed by atoms with Crippen molar-refractivity contribution in [1.82, 2.24) is 5.32 Å². The Morgan fingerprint density at radius 3 is 3.00 bits per heavy atom. The van der Waals surface area contributed by atoms with E-state index in [1.807, 2.05) is 0 Å². The number of benzene rings is 1. The van der Waals surface area contributed by atoms with Crippen LogP contribution in [0.15, 0.2) is 22.7 Å². The fourth-order valence-electron chi connectivity index (χ4n) is 2.25. The highest BCUT2D eigenvalue weighted by molar-refractivity contribution is 9.10. The summed E-state index contributed by atoms with van der Waals surface area (Å²) < 4.78 is 6.80. The van der Waals surface area contributed by atoms with Crippen LogP contribution >= 0.6 is 15.9 Å². The number of ether oxygens (including phenoxy) is 1. The fraction of sp³-hybridized carbons (Fsp3) is 0.538. The van der Waals surface area contributed by atoms with Crippen LogP contribution in [0.2, 0.25) is 0 Å². The van der Waals surface area contributed by atoms with Gasteiger partial charge >= 0.3 is 0 Å². The summed E-state index contributed by atoms with van der Waals surface area (Å²) >= 11 is 3.49. The van der Waals surface area contributed by atoms with E-state index in [1.54, 1.807) is 0 Å². The van der Waals surface area contributed by atoms with E-state index < -0.39 is 0 Å². The molecule has 1 heterocycles. The second-order valence-corrected chi connectivity index (χ2v) is 5.61. The van der Waals surface area contributed by atoms with Crippen LogP contribution in [0, 0.1) is 0 Å². The minimum absolute atomic E-state index is 0.623. The maximum absolute atomic E-state index is 5.70. The van der Waals surface area contributed by atoms with Gasteiger partial charge in [-0.05, 0) is 37.0 Å². The first-order valence-electron chi connectivity index (χ1n) is 5.98. The molecule has 1 unspecified atom stereocenters. The molecule has 0 saturated heterocycles. The molecule has 3 rings (SSSR count). The van der Waals surface area contributed by atoms with Crippen molar-refractivity contribution in [3.63, 3.8) is 0 Å². The summed E-state index contributed by atoms with van der Waals surface area (Å²) in [7, 11) is 0. The van der Waals surface area contributed by atoms with Gasteiger partial charge in [0.1, 0.15) is 5.75 Å². The summed E-state index contributed by atoms with van der Waals surface area (Å²) in [4.78, 5) is 0. The molecular weight excluding hydrogens is 266 g/mol. The molecule has 1 aliphatic heterocycles. The molecular formula is C13H16BrNO. The first kappa shape index (κ1) is 10.6. The van der Waals surface area contributed by atoms with Crippen LogP contribution in [0.5, 0.6) is 5.75 Å². The van der Waals surface area contributed by atoms with E-state index in [0.717, 1.165) is 35.8 Å². The number of nitrogens with one attached hydrogen (secondary N) is 1. The van der Waals surface area contributed by atoms with Gasteiger partial charge in [-0.2, -0.15) is 0 Å². The van der Waals surface area contributed by atoms with Crippen LogP contribution < -0.4 is 10.1 Å². The van der Waals surface area contributed by atoms with Gasteiger partial charge in [-0.25, -0.2) is 0 Å². The highest BCUT2D eigenvalue weighted by Crippen LogP contribution is 2.35. The van der Waals surface area contributed by atoms with E-state index in [0.29, 0.717) is 5.92 Å². The summed E-state index contributed by atoms with van der Waals surface area (Å²) in [6.45, 7) is 1.95. The third-order valence-electron chi connectivity index (χ3n) is 3.37. The highest BCUT2D eigenvalue weighted by atomic mass is 79.9. The SMILES string of the molecule is Brc1ccc2c(c1)OCCC2CNC1CC1.